The van der Waals surface area contributed by atoms with Crippen LogP contribution < -0.4 is 0 Å². The highest BCUT2D eigenvalue weighted by molar-refractivity contribution is 8.03. The van der Waals surface area contributed by atoms with Gasteiger partial charge in [0.1, 0.15) is 0 Å². The Hall–Kier alpha value is -1.15. The summed E-state index contributed by atoms with van der Waals surface area (Å²) in [5.41, 5.74) is 0. The average molecular weight is 447 g/mol. The smallest absolute Gasteiger partial charge is 0.414 e. The Bertz CT molecular complexity index is 501. The van der Waals surface area contributed by atoms with E-state index in [4.69, 9.17) is 19.8 Å². The fraction of sp³-hybridized carbons (Fsp3) is 0.762. The lowest BCUT2D eigenvalue weighted by Gasteiger charge is -2.14. The summed E-state index contributed by atoms with van der Waals surface area (Å²) < 4.78 is 2.20. The van der Waals surface area contributed by atoms with Crippen molar-refractivity contribution in [2.45, 2.75) is 82.9 Å². The highest BCUT2D eigenvalue weighted by Gasteiger charge is 2.07. The number of rotatable bonds is 16. The number of thioether (sulfide) groups is 2. The predicted octanol–water partition coefficient (Wildman–Crippen LogP) is 5.42. The van der Waals surface area contributed by atoms with Crippen molar-refractivity contribution in [3.63, 3.8) is 0 Å². The van der Waals surface area contributed by atoms with Crippen LogP contribution >= 0.6 is 23.5 Å². The second-order valence-electron chi connectivity index (χ2n) is 6.98. The van der Waals surface area contributed by atoms with Crippen LogP contribution in [-0.4, -0.2) is 54.7 Å². The van der Waals surface area contributed by atoms with Crippen LogP contribution in [0.2, 0.25) is 0 Å². The minimum atomic E-state index is -1.82. The number of hydrogen-bond donors (Lipinski definition) is 2. The molecule has 1 aromatic heterocycles. The molecular weight excluding hydrogens is 408 g/mol. The molecule has 6 nitrogen and oxygen atoms in total. The number of carbonyl (C=O) groups is 2. The minimum absolute atomic E-state index is 0.706. The van der Waals surface area contributed by atoms with Crippen molar-refractivity contribution in [1.29, 1.82) is 0 Å². The fourth-order valence-electron chi connectivity index (χ4n) is 2.73. The van der Waals surface area contributed by atoms with Crippen LogP contribution in [-0.2, 0) is 16.1 Å². The van der Waals surface area contributed by atoms with Gasteiger partial charge in [0.25, 0.3) is 0 Å². The summed E-state index contributed by atoms with van der Waals surface area (Å²) in [7, 11) is 0. The topological polar surface area (TPSA) is 92.4 Å². The normalized spacial score (nSPS) is 11.5. The van der Waals surface area contributed by atoms with E-state index in [9.17, 15) is 0 Å². The Morgan fingerprint density at radius 3 is 1.97 bits per heavy atom. The summed E-state index contributed by atoms with van der Waals surface area (Å²) in [5, 5.41) is 15.5. The lowest BCUT2D eigenvalue weighted by Crippen LogP contribution is -2.14. The Morgan fingerprint density at radius 1 is 0.966 bits per heavy atom. The zero-order chi connectivity index (χ0) is 21.7. The molecule has 0 saturated heterocycles. The number of aromatic nitrogens is 2. The van der Waals surface area contributed by atoms with Crippen LogP contribution in [0.25, 0.3) is 0 Å². The van der Waals surface area contributed by atoms with E-state index in [0.29, 0.717) is 5.25 Å². The van der Waals surface area contributed by atoms with Gasteiger partial charge in [-0.1, -0.05) is 64.7 Å². The summed E-state index contributed by atoms with van der Waals surface area (Å²) in [6.45, 7) is 3.38. The zero-order valence-electron chi connectivity index (χ0n) is 17.9. The van der Waals surface area contributed by atoms with E-state index < -0.39 is 11.9 Å². The first-order valence-electron chi connectivity index (χ1n) is 10.5. The molecule has 0 aliphatic heterocycles. The standard InChI is InChI=1S/C19H36N2S2.C2H2O4/c1-3-4-5-6-7-8-9-10-11-12-15-23-17-19(22-2)16-21-14-13-20-18-21;3-1(4)2(5)6/h13-14,18-19H,3-12,15-17H2,1-2H3;(H,3,4)(H,5,6). The Labute approximate surface area is 184 Å². The van der Waals surface area contributed by atoms with E-state index in [0.717, 1.165) is 6.54 Å². The SMILES string of the molecule is CCCCCCCCCCCCSCC(Cn1ccnc1)SC.O=C(O)C(=O)O. The molecule has 29 heavy (non-hydrogen) atoms. The molecule has 1 rings (SSSR count). The van der Waals surface area contributed by atoms with E-state index in [1.54, 1.807) is 0 Å². The first kappa shape index (κ1) is 27.8. The van der Waals surface area contributed by atoms with Gasteiger partial charge in [-0.2, -0.15) is 23.5 Å². The molecule has 168 valence electrons. The number of carboxylic acid groups (broad SMARTS) is 2. The van der Waals surface area contributed by atoms with Gasteiger partial charge in [0, 0.05) is 29.9 Å². The number of carboxylic acids is 2. The van der Waals surface area contributed by atoms with E-state index in [-0.39, 0.29) is 0 Å². The largest absolute Gasteiger partial charge is 0.473 e. The van der Waals surface area contributed by atoms with Crippen LogP contribution in [0.5, 0.6) is 0 Å². The predicted molar refractivity (Wildman–Crippen MR) is 124 cm³/mol. The quantitative estimate of drug-likeness (QED) is 0.258. The molecule has 1 heterocycles. The molecule has 1 aromatic rings. The number of hydrogen-bond acceptors (Lipinski definition) is 5. The van der Waals surface area contributed by atoms with E-state index in [1.165, 1.54) is 75.7 Å². The lowest BCUT2D eigenvalue weighted by molar-refractivity contribution is -0.159. The van der Waals surface area contributed by atoms with Crippen LogP contribution in [0.4, 0.5) is 0 Å². The number of aliphatic carboxylic acids is 2. The third kappa shape index (κ3) is 18.6. The van der Waals surface area contributed by atoms with Crippen LogP contribution in [0, 0.1) is 0 Å². The Kier molecular flexibility index (Phi) is 19.3. The molecule has 2 N–H and O–H groups in total. The monoisotopic (exact) mass is 446 g/mol. The maximum Gasteiger partial charge on any atom is 0.414 e. The number of imidazole rings is 1. The van der Waals surface area contributed by atoms with Gasteiger partial charge in [0.05, 0.1) is 6.33 Å². The molecule has 0 aliphatic carbocycles. The van der Waals surface area contributed by atoms with Crippen molar-refractivity contribution in [1.82, 2.24) is 9.55 Å². The number of nitrogens with zero attached hydrogens (tertiary/aromatic N) is 2. The fourth-order valence-corrected chi connectivity index (χ4v) is 4.83. The third-order valence-electron chi connectivity index (χ3n) is 4.44. The molecule has 0 bridgehead atoms. The molecule has 1 atom stereocenters. The second-order valence-corrected chi connectivity index (χ2v) is 9.27. The molecule has 1 unspecified atom stereocenters. The number of unbranched alkanes of at least 4 members (excludes halogenated alkanes) is 9. The second kappa shape index (κ2) is 20.1. The van der Waals surface area contributed by atoms with Crippen molar-refractivity contribution in [3.05, 3.63) is 18.7 Å². The van der Waals surface area contributed by atoms with Crippen molar-refractivity contribution in [3.8, 4) is 0 Å². The van der Waals surface area contributed by atoms with E-state index in [2.05, 4.69) is 40.7 Å². The summed E-state index contributed by atoms with van der Waals surface area (Å²) in [6.07, 6.45) is 22.4. The maximum absolute atomic E-state index is 9.10. The summed E-state index contributed by atoms with van der Waals surface area (Å²) >= 11 is 4.11. The van der Waals surface area contributed by atoms with Crippen LogP contribution in [0.1, 0.15) is 71.1 Å². The van der Waals surface area contributed by atoms with Gasteiger partial charge in [0.2, 0.25) is 0 Å². The van der Waals surface area contributed by atoms with Crippen LogP contribution in [0.15, 0.2) is 18.7 Å². The molecule has 0 spiro atoms. The van der Waals surface area contributed by atoms with Crippen molar-refractivity contribution < 1.29 is 19.8 Å². The van der Waals surface area contributed by atoms with Gasteiger partial charge in [0.15, 0.2) is 0 Å². The maximum atomic E-state index is 9.10. The zero-order valence-corrected chi connectivity index (χ0v) is 19.6. The molecular formula is C21H38N2O4S2. The molecule has 0 radical (unpaired) electrons. The Morgan fingerprint density at radius 2 is 1.52 bits per heavy atom. The molecule has 0 amide bonds. The van der Waals surface area contributed by atoms with Gasteiger partial charge in [-0.15, -0.1) is 0 Å². The first-order chi connectivity index (χ1) is 14.0. The highest BCUT2D eigenvalue weighted by Crippen LogP contribution is 2.18. The summed E-state index contributed by atoms with van der Waals surface area (Å²) in [5.74, 6) is -1.06. The van der Waals surface area contributed by atoms with Crippen molar-refractivity contribution in [2.24, 2.45) is 0 Å². The minimum Gasteiger partial charge on any atom is -0.473 e. The lowest BCUT2D eigenvalue weighted by atomic mass is 10.1. The van der Waals surface area contributed by atoms with E-state index >= 15 is 0 Å². The average Bonchev–Trinajstić information content (AvgIpc) is 3.21. The molecule has 0 fully saturated rings. The van der Waals surface area contributed by atoms with Gasteiger partial charge in [-0.05, 0) is 18.4 Å². The highest BCUT2D eigenvalue weighted by atomic mass is 32.2. The molecule has 0 saturated carbocycles. The van der Waals surface area contributed by atoms with Crippen molar-refractivity contribution in [2.75, 3.05) is 17.8 Å². The van der Waals surface area contributed by atoms with Gasteiger partial charge in [-0.25, -0.2) is 14.6 Å². The Balaban J connectivity index is 0.00000113. The van der Waals surface area contributed by atoms with Crippen molar-refractivity contribution >= 4 is 35.5 Å². The molecule has 8 heteroatoms. The van der Waals surface area contributed by atoms with Gasteiger partial charge >= 0.3 is 11.9 Å². The van der Waals surface area contributed by atoms with Gasteiger partial charge in [-0.3, -0.25) is 0 Å². The summed E-state index contributed by atoms with van der Waals surface area (Å²) in [4.78, 5) is 22.3. The first-order valence-corrected chi connectivity index (χ1v) is 13.0. The molecule has 0 aromatic carbocycles. The van der Waals surface area contributed by atoms with Gasteiger partial charge < -0.3 is 14.8 Å². The van der Waals surface area contributed by atoms with E-state index in [1.807, 2.05) is 24.3 Å². The molecule has 0 aliphatic rings. The summed E-state index contributed by atoms with van der Waals surface area (Å²) in [6, 6.07) is 0. The van der Waals surface area contributed by atoms with Crippen LogP contribution in [0.3, 0.4) is 0 Å². The third-order valence-corrected chi connectivity index (χ3v) is 6.84.